The Labute approximate surface area is 175 Å². The largest absolute Gasteiger partial charge is 0.344 e. The van der Waals surface area contributed by atoms with Crippen molar-refractivity contribution in [2.45, 2.75) is 51.5 Å². The number of rotatable bonds is 7. The van der Waals surface area contributed by atoms with Crippen molar-refractivity contribution >= 4 is 24.2 Å². The van der Waals surface area contributed by atoms with E-state index in [0.717, 1.165) is 44.6 Å². The molecule has 6 heteroatoms. The van der Waals surface area contributed by atoms with Gasteiger partial charge in [-0.1, -0.05) is 37.3 Å². The Kier molecular flexibility index (Phi) is 9.26. The number of benzene rings is 1. The second-order valence-electron chi connectivity index (χ2n) is 8.13. The maximum Gasteiger partial charge on any atom is 0.245 e. The van der Waals surface area contributed by atoms with Crippen LogP contribution in [-0.2, 0) is 16.0 Å². The lowest BCUT2D eigenvalue weighted by molar-refractivity contribution is -0.135. The Morgan fingerprint density at radius 1 is 1.18 bits per heavy atom. The van der Waals surface area contributed by atoms with Crippen LogP contribution in [0.15, 0.2) is 30.3 Å². The highest BCUT2D eigenvalue weighted by atomic mass is 35.5. The topological polar surface area (TPSA) is 61.4 Å². The van der Waals surface area contributed by atoms with Crippen molar-refractivity contribution in [2.24, 2.45) is 11.8 Å². The van der Waals surface area contributed by atoms with Crippen molar-refractivity contribution < 1.29 is 9.59 Å². The van der Waals surface area contributed by atoms with Crippen LogP contribution in [0, 0.1) is 11.8 Å². The fourth-order valence-electron chi connectivity index (χ4n) is 4.28. The molecule has 2 aliphatic heterocycles. The Balaban J connectivity index is 0.00000280. The van der Waals surface area contributed by atoms with Gasteiger partial charge in [-0.25, -0.2) is 0 Å². The molecule has 0 saturated carbocycles. The number of carbonyl (C=O) groups excluding carboxylic acids is 2. The van der Waals surface area contributed by atoms with E-state index in [2.05, 4.69) is 17.6 Å². The van der Waals surface area contributed by atoms with Gasteiger partial charge in [0.1, 0.15) is 6.04 Å². The normalized spacial score (nSPS) is 21.5. The fraction of sp³-hybridized carbons (Fsp3) is 0.636. The smallest absolute Gasteiger partial charge is 0.245 e. The quantitative estimate of drug-likeness (QED) is 0.730. The number of carbonyl (C=O) groups is 2. The number of hydrogen-bond donors (Lipinski definition) is 2. The van der Waals surface area contributed by atoms with Crippen LogP contribution in [0.3, 0.4) is 0 Å². The van der Waals surface area contributed by atoms with E-state index in [-0.39, 0.29) is 24.2 Å². The summed E-state index contributed by atoms with van der Waals surface area (Å²) in [5.74, 6) is 0.946. The monoisotopic (exact) mass is 407 g/mol. The molecule has 1 aromatic carbocycles. The first kappa shape index (κ1) is 22.7. The highest BCUT2D eigenvalue weighted by molar-refractivity contribution is 5.88. The van der Waals surface area contributed by atoms with Crippen LogP contribution in [0.1, 0.15) is 44.6 Å². The third kappa shape index (κ3) is 6.49. The number of nitrogens with zero attached hydrogens (tertiary/aromatic N) is 1. The summed E-state index contributed by atoms with van der Waals surface area (Å²) < 4.78 is 0. The Morgan fingerprint density at radius 3 is 2.54 bits per heavy atom. The van der Waals surface area contributed by atoms with Crippen LogP contribution in [0.4, 0.5) is 0 Å². The van der Waals surface area contributed by atoms with E-state index in [1.807, 2.05) is 35.2 Å². The molecule has 2 fully saturated rings. The lowest BCUT2D eigenvalue weighted by atomic mass is 9.85. The standard InChI is InChI=1S/C22H33N3O2.ClH/c1-17(19-10-7-11-23-16-19)14-21(26)24-20(15-18-8-3-2-4-9-18)22(27)25-12-5-6-13-25;/h2-4,8-9,17,19-20,23H,5-7,10-16H2,1H3,(H,24,26);1H. The minimum Gasteiger partial charge on any atom is -0.344 e. The second kappa shape index (κ2) is 11.4. The SMILES string of the molecule is CC(CC(=O)NC(Cc1ccccc1)C(=O)N1CCCC1)C1CCCNC1.Cl. The molecule has 3 unspecified atom stereocenters. The van der Waals surface area contributed by atoms with Crippen molar-refractivity contribution in [3.8, 4) is 0 Å². The molecule has 2 heterocycles. The lowest BCUT2D eigenvalue weighted by Gasteiger charge is -2.29. The van der Waals surface area contributed by atoms with Gasteiger partial charge in [-0.15, -0.1) is 12.4 Å². The first-order chi connectivity index (χ1) is 13.1. The van der Waals surface area contributed by atoms with Crippen LogP contribution < -0.4 is 10.6 Å². The van der Waals surface area contributed by atoms with Gasteiger partial charge in [-0.05, 0) is 56.2 Å². The van der Waals surface area contributed by atoms with Gasteiger partial charge in [0.25, 0.3) is 0 Å². The summed E-state index contributed by atoms with van der Waals surface area (Å²) in [5.41, 5.74) is 1.08. The third-order valence-electron chi connectivity index (χ3n) is 5.98. The van der Waals surface area contributed by atoms with Crippen LogP contribution >= 0.6 is 12.4 Å². The third-order valence-corrected chi connectivity index (χ3v) is 5.98. The van der Waals surface area contributed by atoms with Gasteiger partial charge in [0.2, 0.25) is 11.8 Å². The number of halogens is 1. The molecule has 3 atom stereocenters. The molecule has 156 valence electrons. The predicted molar refractivity (Wildman–Crippen MR) is 115 cm³/mol. The summed E-state index contributed by atoms with van der Waals surface area (Å²) in [7, 11) is 0. The summed E-state index contributed by atoms with van der Waals surface area (Å²) in [4.78, 5) is 27.6. The van der Waals surface area contributed by atoms with E-state index in [4.69, 9.17) is 0 Å². The van der Waals surface area contributed by atoms with E-state index < -0.39 is 6.04 Å². The molecule has 0 spiro atoms. The zero-order valence-electron chi connectivity index (χ0n) is 16.9. The molecule has 1 aromatic rings. The van der Waals surface area contributed by atoms with Crippen molar-refractivity contribution in [3.05, 3.63) is 35.9 Å². The Hall–Kier alpha value is -1.59. The first-order valence-corrected chi connectivity index (χ1v) is 10.5. The van der Waals surface area contributed by atoms with E-state index in [1.54, 1.807) is 0 Å². The zero-order valence-corrected chi connectivity index (χ0v) is 17.7. The first-order valence-electron chi connectivity index (χ1n) is 10.5. The minimum atomic E-state index is -0.463. The van der Waals surface area contributed by atoms with Gasteiger partial charge < -0.3 is 15.5 Å². The van der Waals surface area contributed by atoms with Crippen molar-refractivity contribution in [1.29, 1.82) is 0 Å². The summed E-state index contributed by atoms with van der Waals surface area (Å²) >= 11 is 0. The zero-order chi connectivity index (χ0) is 19.1. The van der Waals surface area contributed by atoms with E-state index in [0.29, 0.717) is 24.7 Å². The molecule has 0 aromatic heterocycles. The van der Waals surface area contributed by atoms with E-state index >= 15 is 0 Å². The van der Waals surface area contributed by atoms with Crippen LogP contribution in [0.5, 0.6) is 0 Å². The molecule has 2 N–H and O–H groups in total. The molecular formula is C22H34ClN3O2. The average Bonchev–Trinajstić information content (AvgIpc) is 3.23. The molecule has 28 heavy (non-hydrogen) atoms. The van der Waals surface area contributed by atoms with Crippen molar-refractivity contribution in [2.75, 3.05) is 26.2 Å². The summed E-state index contributed by atoms with van der Waals surface area (Å²) in [6.07, 6.45) is 5.53. The number of nitrogens with one attached hydrogen (secondary N) is 2. The summed E-state index contributed by atoms with van der Waals surface area (Å²) in [6, 6.07) is 9.51. The number of likely N-dealkylation sites (tertiary alicyclic amines) is 1. The van der Waals surface area contributed by atoms with Gasteiger partial charge in [0.05, 0.1) is 0 Å². The summed E-state index contributed by atoms with van der Waals surface area (Å²) in [5, 5.41) is 6.49. The molecule has 0 radical (unpaired) electrons. The molecule has 5 nitrogen and oxygen atoms in total. The molecule has 2 aliphatic rings. The molecule has 0 bridgehead atoms. The second-order valence-corrected chi connectivity index (χ2v) is 8.13. The lowest BCUT2D eigenvalue weighted by Crippen LogP contribution is -2.49. The fourth-order valence-corrected chi connectivity index (χ4v) is 4.28. The maximum atomic E-state index is 13.0. The molecule has 0 aliphatic carbocycles. The summed E-state index contributed by atoms with van der Waals surface area (Å²) in [6.45, 7) is 5.85. The van der Waals surface area contributed by atoms with Gasteiger partial charge in [-0.3, -0.25) is 9.59 Å². The highest BCUT2D eigenvalue weighted by Gasteiger charge is 2.29. The predicted octanol–water partition coefficient (Wildman–Crippen LogP) is 2.78. The van der Waals surface area contributed by atoms with Crippen LogP contribution in [-0.4, -0.2) is 48.9 Å². The van der Waals surface area contributed by atoms with Crippen LogP contribution in [0.2, 0.25) is 0 Å². The molecule has 2 saturated heterocycles. The molecule has 3 rings (SSSR count). The maximum absolute atomic E-state index is 13.0. The van der Waals surface area contributed by atoms with Crippen LogP contribution in [0.25, 0.3) is 0 Å². The number of piperidine rings is 1. The van der Waals surface area contributed by atoms with Gasteiger partial charge in [0.15, 0.2) is 0 Å². The van der Waals surface area contributed by atoms with Gasteiger partial charge >= 0.3 is 0 Å². The van der Waals surface area contributed by atoms with Crippen molar-refractivity contribution in [3.63, 3.8) is 0 Å². The highest BCUT2D eigenvalue weighted by Crippen LogP contribution is 2.22. The number of hydrogen-bond acceptors (Lipinski definition) is 3. The minimum absolute atomic E-state index is 0. The van der Waals surface area contributed by atoms with Gasteiger partial charge in [0, 0.05) is 25.9 Å². The molecule has 2 amide bonds. The van der Waals surface area contributed by atoms with E-state index in [1.165, 1.54) is 12.8 Å². The van der Waals surface area contributed by atoms with Crippen molar-refractivity contribution in [1.82, 2.24) is 15.5 Å². The Morgan fingerprint density at radius 2 is 1.89 bits per heavy atom. The average molecular weight is 408 g/mol. The number of amides is 2. The van der Waals surface area contributed by atoms with E-state index in [9.17, 15) is 9.59 Å². The molecular weight excluding hydrogens is 374 g/mol. The van der Waals surface area contributed by atoms with Gasteiger partial charge in [-0.2, -0.15) is 0 Å². The Bertz CT molecular complexity index is 613.